The van der Waals surface area contributed by atoms with E-state index < -0.39 is 6.04 Å². The Bertz CT molecular complexity index is 1990. The zero-order chi connectivity index (χ0) is 28.0. The third kappa shape index (κ3) is 4.07. The van der Waals surface area contributed by atoms with E-state index in [0.717, 1.165) is 32.8 Å². The molecule has 8 heteroatoms. The number of amides is 1. The van der Waals surface area contributed by atoms with Crippen LogP contribution in [0.5, 0.6) is 5.75 Å². The Kier molecular flexibility index (Phi) is 6.64. The van der Waals surface area contributed by atoms with E-state index >= 15 is 0 Å². The first-order valence-electron chi connectivity index (χ1n) is 13.4. The molecule has 1 atom stereocenters. The van der Waals surface area contributed by atoms with Gasteiger partial charge in [-0.25, -0.2) is 4.99 Å². The number of nitrogens with one attached hydrogen (secondary N) is 1. The standard InChI is InChI=1S/C32H30N4O3S/c1-5-35(6-2)31(38)27-19(3)34-32-36(29(27)28-23-13-8-7-11-20(23)15-16-25(28)39-4)30(37)26(40-32)17-21-18-33-24-14-10-9-12-22(21)24/h7-18,29,33H,5-6H2,1-4H3/b26-17+/t29-/m0/s1. The van der Waals surface area contributed by atoms with Gasteiger partial charge in [-0.2, -0.15) is 0 Å². The summed E-state index contributed by atoms with van der Waals surface area (Å²) in [6.07, 6.45) is 3.82. The fourth-order valence-electron chi connectivity index (χ4n) is 5.64. The van der Waals surface area contributed by atoms with Crippen LogP contribution in [0.1, 0.15) is 37.9 Å². The van der Waals surface area contributed by atoms with Gasteiger partial charge in [0, 0.05) is 41.3 Å². The van der Waals surface area contributed by atoms with Gasteiger partial charge in [0.15, 0.2) is 4.80 Å². The molecule has 1 amide bonds. The molecule has 0 bridgehead atoms. The molecule has 0 saturated carbocycles. The predicted octanol–water partition coefficient (Wildman–Crippen LogP) is 4.75. The molecule has 7 nitrogen and oxygen atoms in total. The highest BCUT2D eigenvalue weighted by Gasteiger charge is 2.36. The number of rotatable bonds is 6. The minimum atomic E-state index is -0.699. The van der Waals surface area contributed by atoms with Gasteiger partial charge >= 0.3 is 0 Å². The Morgan fingerprint density at radius 1 is 1.07 bits per heavy atom. The molecule has 0 unspecified atom stereocenters. The van der Waals surface area contributed by atoms with Crippen molar-refractivity contribution in [3.05, 3.63) is 109 Å². The zero-order valence-electron chi connectivity index (χ0n) is 22.9. The van der Waals surface area contributed by atoms with E-state index in [2.05, 4.69) is 4.98 Å². The molecule has 1 aliphatic heterocycles. The number of likely N-dealkylation sites (N-methyl/N-ethyl adjacent to an activating group) is 1. The molecule has 3 aromatic carbocycles. The molecule has 0 spiro atoms. The summed E-state index contributed by atoms with van der Waals surface area (Å²) in [5.74, 6) is 0.492. The number of carbonyl (C=O) groups excluding carboxylic acids is 1. The highest BCUT2D eigenvalue weighted by molar-refractivity contribution is 7.07. The third-order valence-corrected chi connectivity index (χ3v) is 8.62. The fraction of sp³-hybridized carbons (Fsp3) is 0.219. The molecule has 0 aliphatic carbocycles. The number of thiazole rings is 1. The predicted molar refractivity (Wildman–Crippen MR) is 160 cm³/mol. The summed E-state index contributed by atoms with van der Waals surface area (Å²) < 4.78 is 8.11. The SMILES string of the molecule is CCN(CC)C(=O)C1=C(C)N=c2s/c(=C/c3c[nH]c4ccccc34)c(=O)n2[C@@H]1c1c(OC)ccc2ccccc12. The average molecular weight is 551 g/mol. The number of carbonyl (C=O) groups is 1. The maximum atomic E-state index is 14.3. The molecular weight excluding hydrogens is 520 g/mol. The van der Waals surface area contributed by atoms with Crippen molar-refractivity contribution in [2.45, 2.75) is 26.8 Å². The van der Waals surface area contributed by atoms with Crippen molar-refractivity contribution < 1.29 is 9.53 Å². The van der Waals surface area contributed by atoms with Crippen molar-refractivity contribution in [1.82, 2.24) is 14.5 Å². The number of aromatic nitrogens is 2. The Balaban J connectivity index is 1.67. The molecular formula is C32H30N4O3S. The summed E-state index contributed by atoms with van der Waals surface area (Å²) >= 11 is 1.34. The van der Waals surface area contributed by atoms with Crippen LogP contribution in [-0.2, 0) is 4.79 Å². The molecule has 0 fully saturated rings. The highest BCUT2D eigenvalue weighted by atomic mass is 32.1. The molecule has 2 aromatic heterocycles. The largest absolute Gasteiger partial charge is 0.496 e. The Hall–Kier alpha value is -4.43. The van der Waals surface area contributed by atoms with Crippen LogP contribution in [0.4, 0.5) is 0 Å². The van der Waals surface area contributed by atoms with Crippen LogP contribution < -0.4 is 19.6 Å². The van der Waals surface area contributed by atoms with E-state index in [0.29, 0.717) is 39.4 Å². The fourth-order valence-corrected chi connectivity index (χ4v) is 6.68. The summed E-state index contributed by atoms with van der Waals surface area (Å²) in [6, 6.07) is 19.2. The minimum absolute atomic E-state index is 0.128. The lowest BCUT2D eigenvalue weighted by Crippen LogP contribution is -2.43. The summed E-state index contributed by atoms with van der Waals surface area (Å²) in [6.45, 7) is 6.88. The Morgan fingerprint density at radius 3 is 2.55 bits per heavy atom. The Labute approximate surface area is 235 Å². The minimum Gasteiger partial charge on any atom is -0.496 e. The molecule has 1 N–H and O–H groups in total. The van der Waals surface area contributed by atoms with E-state index in [1.54, 1.807) is 16.6 Å². The first-order valence-corrected chi connectivity index (χ1v) is 14.2. The monoisotopic (exact) mass is 550 g/mol. The third-order valence-electron chi connectivity index (χ3n) is 7.63. The lowest BCUT2D eigenvalue weighted by molar-refractivity contribution is -0.127. The average Bonchev–Trinajstić information content (AvgIpc) is 3.52. The highest BCUT2D eigenvalue weighted by Crippen LogP contribution is 2.40. The molecule has 0 radical (unpaired) electrons. The lowest BCUT2D eigenvalue weighted by Gasteiger charge is -2.30. The first-order chi connectivity index (χ1) is 19.5. The molecule has 1 aliphatic rings. The van der Waals surface area contributed by atoms with Crippen LogP contribution >= 0.6 is 11.3 Å². The van der Waals surface area contributed by atoms with Crippen LogP contribution in [-0.4, -0.2) is 40.6 Å². The van der Waals surface area contributed by atoms with Crippen LogP contribution in [0, 0.1) is 0 Å². The molecule has 202 valence electrons. The number of allylic oxidation sites excluding steroid dienone is 1. The van der Waals surface area contributed by atoms with Gasteiger partial charge in [-0.1, -0.05) is 59.9 Å². The molecule has 0 saturated heterocycles. The normalized spacial score (nSPS) is 15.4. The zero-order valence-corrected chi connectivity index (χ0v) is 23.7. The van der Waals surface area contributed by atoms with Crippen LogP contribution in [0.15, 0.2) is 87.9 Å². The molecule has 3 heterocycles. The summed E-state index contributed by atoms with van der Waals surface area (Å²) in [7, 11) is 1.62. The van der Waals surface area contributed by atoms with Crippen molar-refractivity contribution in [2.75, 3.05) is 20.2 Å². The topological polar surface area (TPSA) is 79.7 Å². The number of fused-ring (bicyclic) bond motifs is 3. The van der Waals surface area contributed by atoms with Gasteiger partial charge in [-0.3, -0.25) is 14.2 Å². The number of H-pyrrole nitrogens is 1. The Morgan fingerprint density at radius 2 is 1.80 bits per heavy atom. The number of aromatic amines is 1. The second-order valence-electron chi connectivity index (χ2n) is 9.75. The van der Waals surface area contributed by atoms with Crippen molar-refractivity contribution in [3.63, 3.8) is 0 Å². The van der Waals surface area contributed by atoms with Crippen LogP contribution in [0.2, 0.25) is 0 Å². The molecule has 40 heavy (non-hydrogen) atoms. The summed E-state index contributed by atoms with van der Waals surface area (Å²) in [5, 5.41) is 2.97. The van der Waals surface area contributed by atoms with E-state index in [9.17, 15) is 9.59 Å². The number of hydrogen-bond donors (Lipinski definition) is 1. The van der Waals surface area contributed by atoms with E-state index in [1.807, 2.05) is 93.7 Å². The summed E-state index contributed by atoms with van der Waals surface area (Å²) in [5.41, 5.74) is 3.62. The van der Waals surface area contributed by atoms with Crippen molar-refractivity contribution in [1.29, 1.82) is 0 Å². The van der Waals surface area contributed by atoms with E-state index in [-0.39, 0.29) is 11.5 Å². The molecule has 5 aromatic rings. The number of hydrogen-bond acceptors (Lipinski definition) is 5. The summed E-state index contributed by atoms with van der Waals surface area (Å²) in [4.78, 5) is 38.8. The van der Waals surface area contributed by atoms with Gasteiger partial charge < -0.3 is 14.6 Å². The van der Waals surface area contributed by atoms with Crippen LogP contribution in [0.3, 0.4) is 0 Å². The maximum absolute atomic E-state index is 14.3. The second kappa shape index (κ2) is 10.3. The van der Waals surface area contributed by atoms with Gasteiger partial charge in [0.1, 0.15) is 11.8 Å². The second-order valence-corrected chi connectivity index (χ2v) is 10.8. The van der Waals surface area contributed by atoms with Gasteiger partial charge in [0.25, 0.3) is 11.5 Å². The first kappa shape index (κ1) is 25.8. The molecule has 6 rings (SSSR count). The van der Waals surface area contributed by atoms with Gasteiger partial charge in [0.05, 0.1) is 22.9 Å². The van der Waals surface area contributed by atoms with Crippen molar-refractivity contribution in [3.8, 4) is 5.75 Å². The van der Waals surface area contributed by atoms with Gasteiger partial charge in [-0.05, 0) is 49.8 Å². The maximum Gasteiger partial charge on any atom is 0.271 e. The van der Waals surface area contributed by atoms with Crippen molar-refractivity contribution in [2.24, 2.45) is 4.99 Å². The number of para-hydroxylation sites is 1. The number of methoxy groups -OCH3 is 1. The quantitative estimate of drug-likeness (QED) is 0.332. The number of ether oxygens (including phenoxy) is 1. The van der Waals surface area contributed by atoms with E-state index in [1.165, 1.54) is 11.3 Å². The number of benzene rings is 3. The van der Waals surface area contributed by atoms with Crippen molar-refractivity contribution >= 4 is 45.0 Å². The lowest BCUT2D eigenvalue weighted by atomic mass is 9.90. The van der Waals surface area contributed by atoms with Gasteiger partial charge in [-0.15, -0.1) is 0 Å². The number of nitrogens with zero attached hydrogens (tertiary/aromatic N) is 3. The van der Waals surface area contributed by atoms with Crippen LogP contribution in [0.25, 0.3) is 27.8 Å². The van der Waals surface area contributed by atoms with Gasteiger partial charge in [0.2, 0.25) is 0 Å². The van der Waals surface area contributed by atoms with E-state index in [4.69, 9.17) is 9.73 Å². The smallest absolute Gasteiger partial charge is 0.271 e.